The first kappa shape index (κ1) is 13.3. The van der Waals surface area contributed by atoms with Crippen molar-refractivity contribution in [1.82, 2.24) is 19.9 Å². The predicted molar refractivity (Wildman–Crippen MR) is 70.1 cm³/mol. The van der Waals surface area contributed by atoms with Crippen molar-refractivity contribution < 1.29 is 4.74 Å². The quantitative estimate of drug-likeness (QED) is 0.799. The summed E-state index contributed by atoms with van der Waals surface area (Å²) in [5.41, 5.74) is 0. The highest BCUT2D eigenvalue weighted by atomic mass is 35.5. The standard InChI is InChI=1S/C10H17ClN6O/c1-12-9-14-8(11)15-10(16-9)13-2-3-17-4-6-18-7-5-17/h2-7H2,1H3,(H2,12,13,14,15,16). The molecule has 8 heteroatoms. The maximum absolute atomic E-state index is 5.79. The number of hydrogen-bond acceptors (Lipinski definition) is 7. The molecule has 1 aliphatic rings. The van der Waals surface area contributed by atoms with Crippen LogP contribution in [-0.4, -0.2) is 66.3 Å². The zero-order valence-electron chi connectivity index (χ0n) is 10.3. The molecule has 1 saturated heterocycles. The largest absolute Gasteiger partial charge is 0.379 e. The summed E-state index contributed by atoms with van der Waals surface area (Å²) in [7, 11) is 1.74. The van der Waals surface area contributed by atoms with Gasteiger partial charge in [-0.05, 0) is 11.6 Å². The van der Waals surface area contributed by atoms with Gasteiger partial charge in [-0.25, -0.2) is 0 Å². The fourth-order valence-electron chi connectivity index (χ4n) is 1.69. The first-order valence-corrected chi connectivity index (χ1v) is 6.29. The van der Waals surface area contributed by atoms with Gasteiger partial charge in [-0.15, -0.1) is 0 Å². The van der Waals surface area contributed by atoms with Crippen LogP contribution in [0.1, 0.15) is 0 Å². The summed E-state index contributed by atoms with van der Waals surface area (Å²) in [4.78, 5) is 14.4. The smallest absolute Gasteiger partial charge is 0.228 e. The van der Waals surface area contributed by atoms with Gasteiger partial charge < -0.3 is 15.4 Å². The molecule has 0 unspecified atom stereocenters. The number of rotatable bonds is 5. The van der Waals surface area contributed by atoms with Gasteiger partial charge in [-0.2, -0.15) is 15.0 Å². The van der Waals surface area contributed by atoms with Gasteiger partial charge in [0.25, 0.3) is 0 Å². The van der Waals surface area contributed by atoms with Crippen molar-refractivity contribution >= 4 is 23.5 Å². The van der Waals surface area contributed by atoms with E-state index in [0.717, 1.165) is 39.4 Å². The highest BCUT2D eigenvalue weighted by Gasteiger charge is 2.10. The van der Waals surface area contributed by atoms with E-state index in [0.29, 0.717) is 11.9 Å². The van der Waals surface area contributed by atoms with Gasteiger partial charge in [-0.1, -0.05) is 0 Å². The molecule has 2 N–H and O–H groups in total. The second-order valence-corrected chi connectivity index (χ2v) is 4.22. The minimum Gasteiger partial charge on any atom is -0.379 e. The first-order chi connectivity index (χ1) is 8.78. The molecule has 1 fully saturated rings. The Balaban J connectivity index is 1.80. The van der Waals surface area contributed by atoms with E-state index in [2.05, 4.69) is 30.5 Å². The third kappa shape index (κ3) is 3.94. The fraction of sp³-hybridized carbons (Fsp3) is 0.700. The summed E-state index contributed by atoms with van der Waals surface area (Å²) in [6.07, 6.45) is 0. The number of ether oxygens (including phenoxy) is 1. The summed E-state index contributed by atoms with van der Waals surface area (Å²) in [5.74, 6) is 0.955. The molecule has 2 rings (SSSR count). The van der Waals surface area contributed by atoms with Crippen LogP contribution in [0.5, 0.6) is 0 Å². The van der Waals surface area contributed by atoms with Crippen LogP contribution in [0.15, 0.2) is 0 Å². The van der Waals surface area contributed by atoms with Crippen LogP contribution < -0.4 is 10.6 Å². The van der Waals surface area contributed by atoms with E-state index in [4.69, 9.17) is 16.3 Å². The lowest BCUT2D eigenvalue weighted by Gasteiger charge is -2.26. The van der Waals surface area contributed by atoms with Gasteiger partial charge >= 0.3 is 0 Å². The van der Waals surface area contributed by atoms with Crippen molar-refractivity contribution in [3.8, 4) is 0 Å². The zero-order chi connectivity index (χ0) is 12.8. The monoisotopic (exact) mass is 272 g/mol. The van der Waals surface area contributed by atoms with Gasteiger partial charge in [0.1, 0.15) is 0 Å². The number of nitrogens with one attached hydrogen (secondary N) is 2. The average molecular weight is 273 g/mol. The van der Waals surface area contributed by atoms with E-state index in [1.165, 1.54) is 0 Å². The number of anilines is 2. The molecule has 0 spiro atoms. The summed E-state index contributed by atoms with van der Waals surface area (Å²) in [6, 6.07) is 0. The number of morpholine rings is 1. The molecule has 0 aliphatic carbocycles. The highest BCUT2D eigenvalue weighted by molar-refractivity contribution is 6.28. The molecule has 0 aromatic carbocycles. The molecule has 0 bridgehead atoms. The Hall–Kier alpha value is -1.18. The van der Waals surface area contributed by atoms with E-state index < -0.39 is 0 Å². The summed E-state index contributed by atoms with van der Waals surface area (Å²) < 4.78 is 5.29. The van der Waals surface area contributed by atoms with Gasteiger partial charge in [0, 0.05) is 33.2 Å². The topological polar surface area (TPSA) is 75.2 Å². The zero-order valence-corrected chi connectivity index (χ0v) is 11.1. The Morgan fingerprint density at radius 2 is 1.94 bits per heavy atom. The van der Waals surface area contributed by atoms with Crippen molar-refractivity contribution in [3.05, 3.63) is 5.28 Å². The van der Waals surface area contributed by atoms with Crippen molar-refractivity contribution in [2.75, 3.05) is 57.1 Å². The molecule has 7 nitrogen and oxygen atoms in total. The molecule has 100 valence electrons. The van der Waals surface area contributed by atoms with Crippen molar-refractivity contribution in [2.45, 2.75) is 0 Å². The van der Waals surface area contributed by atoms with E-state index in [1.807, 2.05) is 0 Å². The minimum absolute atomic E-state index is 0.184. The van der Waals surface area contributed by atoms with Gasteiger partial charge in [0.2, 0.25) is 17.2 Å². The van der Waals surface area contributed by atoms with Crippen molar-refractivity contribution in [1.29, 1.82) is 0 Å². The number of hydrogen-bond donors (Lipinski definition) is 2. The second-order valence-electron chi connectivity index (χ2n) is 3.88. The molecule has 0 atom stereocenters. The molecule has 2 heterocycles. The Morgan fingerprint density at radius 3 is 2.67 bits per heavy atom. The molecule has 1 aromatic rings. The van der Waals surface area contributed by atoms with Crippen molar-refractivity contribution in [2.24, 2.45) is 0 Å². The van der Waals surface area contributed by atoms with Crippen LogP contribution >= 0.6 is 11.6 Å². The summed E-state index contributed by atoms with van der Waals surface area (Å²) in [6.45, 7) is 5.26. The molecule has 0 saturated carbocycles. The molecule has 18 heavy (non-hydrogen) atoms. The summed E-state index contributed by atoms with van der Waals surface area (Å²) >= 11 is 5.79. The highest BCUT2D eigenvalue weighted by Crippen LogP contribution is 2.08. The fourth-order valence-corrected chi connectivity index (χ4v) is 1.85. The van der Waals surface area contributed by atoms with Gasteiger partial charge in [0.15, 0.2) is 0 Å². The maximum Gasteiger partial charge on any atom is 0.228 e. The van der Waals surface area contributed by atoms with Gasteiger partial charge in [-0.3, -0.25) is 4.90 Å². The SMILES string of the molecule is CNc1nc(Cl)nc(NCCN2CCOCC2)n1. The Morgan fingerprint density at radius 1 is 1.22 bits per heavy atom. The van der Waals surface area contributed by atoms with Crippen LogP contribution in [0.25, 0.3) is 0 Å². The molecular formula is C10H17ClN6O. The van der Waals surface area contributed by atoms with Crippen molar-refractivity contribution in [3.63, 3.8) is 0 Å². The second kappa shape index (κ2) is 6.67. The molecule has 1 aromatic heterocycles. The summed E-state index contributed by atoms with van der Waals surface area (Å²) in [5, 5.41) is 6.16. The Bertz CT molecular complexity index is 385. The lowest BCUT2D eigenvalue weighted by molar-refractivity contribution is 0.0398. The minimum atomic E-state index is 0.184. The first-order valence-electron chi connectivity index (χ1n) is 5.91. The van der Waals surface area contributed by atoms with Crippen LogP contribution in [0.3, 0.4) is 0 Å². The molecular weight excluding hydrogens is 256 g/mol. The van der Waals surface area contributed by atoms with Crippen LogP contribution in [0.2, 0.25) is 5.28 Å². The number of nitrogens with zero attached hydrogens (tertiary/aromatic N) is 4. The Kier molecular flexibility index (Phi) is 4.91. The van der Waals surface area contributed by atoms with E-state index in [1.54, 1.807) is 7.05 Å². The van der Waals surface area contributed by atoms with Crippen LogP contribution in [-0.2, 0) is 4.74 Å². The van der Waals surface area contributed by atoms with E-state index in [-0.39, 0.29) is 5.28 Å². The predicted octanol–water partition coefficient (Wildman–Crippen LogP) is 0.311. The lowest BCUT2D eigenvalue weighted by atomic mass is 10.4. The lowest BCUT2D eigenvalue weighted by Crippen LogP contribution is -2.39. The Labute approximate surface area is 111 Å². The maximum atomic E-state index is 5.79. The molecule has 0 amide bonds. The van der Waals surface area contributed by atoms with Gasteiger partial charge in [0.05, 0.1) is 13.2 Å². The number of halogens is 1. The molecule has 0 radical (unpaired) electrons. The normalized spacial score (nSPS) is 16.6. The average Bonchev–Trinajstić information content (AvgIpc) is 2.39. The van der Waals surface area contributed by atoms with E-state index in [9.17, 15) is 0 Å². The third-order valence-electron chi connectivity index (χ3n) is 2.65. The number of aromatic nitrogens is 3. The van der Waals surface area contributed by atoms with Crippen LogP contribution in [0, 0.1) is 0 Å². The molecule has 1 aliphatic heterocycles. The third-order valence-corrected chi connectivity index (χ3v) is 2.82. The van der Waals surface area contributed by atoms with E-state index >= 15 is 0 Å². The van der Waals surface area contributed by atoms with Crippen LogP contribution in [0.4, 0.5) is 11.9 Å².